The van der Waals surface area contributed by atoms with Crippen molar-refractivity contribution in [1.82, 2.24) is 9.80 Å². The van der Waals surface area contributed by atoms with Crippen molar-refractivity contribution in [1.29, 1.82) is 0 Å². The van der Waals surface area contributed by atoms with Gasteiger partial charge in [0, 0.05) is 31.9 Å². The summed E-state index contributed by atoms with van der Waals surface area (Å²) in [6.07, 6.45) is 2.46. The number of rotatable bonds is 5. The van der Waals surface area contributed by atoms with Gasteiger partial charge in [-0.3, -0.25) is 4.90 Å². The monoisotopic (exact) mass is 383 g/mol. The maximum atomic E-state index is 5.94. The normalized spacial score (nSPS) is 22.5. The lowest BCUT2D eigenvalue weighted by molar-refractivity contribution is -0.0204. The molecule has 5 heteroatoms. The number of furan rings is 1. The molecule has 1 atom stereocenters. The average Bonchev–Trinajstić information content (AvgIpc) is 3.15. The van der Waals surface area contributed by atoms with Crippen LogP contribution in [0.2, 0.25) is 0 Å². The molecule has 152 valence electrons. The lowest BCUT2D eigenvalue weighted by Gasteiger charge is -2.39. The van der Waals surface area contributed by atoms with E-state index in [1.54, 1.807) is 0 Å². The smallest absolute Gasteiger partial charge is 0.123 e. The highest BCUT2D eigenvalue weighted by molar-refractivity contribution is 5.54. The number of para-hydroxylation sites is 1. The fourth-order valence-corrected chi connectivity index (χ4v) is 4.51. The van der Waals surface area contributed by atoms with Crippen LogP contribution in [-0.2, 0) is 11.3 Å². The molecule has 2 aliphatic rings. The predicted octanol–water partition coefficient (Wildman–Crippen LogP) is 3.69. The van der Waals surface area contributed by atoms with Crippen molar-refractivity contribution in [2.24, 2.45) is 0 Å². The molecule has 2 aliphatic heterocycles. The van der Waals surface area contributed by atoms with Crippen molar-refractivity contribution < 1.29 is 9.15 Å². The Bertz CT molecular complexity index is 767. The fourth-order valence-electron chi connectivity index (χ4n) is 4.51. The van der Waals surface area contributed by atoms with Crippen molar-refractivity contribution in [2.75, 3.05) is 51.8 Å². The number of anilines is 1. The molecule has 2 saturated heterocycles. The summed E-state index contributed by atoms with van der Waals surface area (Å²) in [5.74, 6) is 1.97. The molecule has 1 aromatic heterocycles. The molecule has 0 unspecified atom stereocenters. The van der Waals surface area contributed by atoms with E-state index in [0.717, 1.165) is 31.2 Å². The molecule has 2 aromatic rings. The van der Waals surface area contributed by atoms with Crippen LogP contribution < -0.4 is 4.90 Å². The van der Waals surface area contributed by atoms with E-state index in [0.29, 0.717) is 12.6 Å². The van der Waals surface area contributed by atoms with Gasteiger partial charge in [0.15, 0.2) is 0 Å². The van der Waals surface area contributed by atoms with E-state index in [-0.39, 0.29) is 6.04 Å². The van der Waals surface area contributed by atoms with Crippen LogP contribution >= 0.6 is 0 Å². The van der Waals surface area contributed by atoms with E-state index in [4.69, 9.17) is 9.15 Å². The summed E-state index contributed by atoms with van der Waals surface area (Å²) >= 11 is 0. The molecule has 0 bridgehead atoms. The number of likely N-dealkylation sites (tertiary alicyclic amines) is 1. The van der Waals surface area contributed by atoms with Crippen LogP contribution in [-0.4, -0.2) is 62.8 Å². The number of ether oxygens (including phenoxy) is 1. The second kappa shape index (κ2) is 8.68. The standard InChI is InChI=1S/C23H33N3O2/c1-18-8-9-23(28-18)22-17-27-15-14-26(22)16-19-6-4-5-7-21(19)25(3)20-10-12-24(2)13-11-20/h4-9,20,22H,10-17H2,1-3H3/t22-/m0/s1. The van der Waals surface area contributed by atoms with E-state index in [9.17, 15) is 0 Å². The highest BCUT2D eigenvalue weighted by Crippen LogP contribution is 2.31. The van der Waals surface area contributed by atoms with E-state index in [1.165, 1.54) is 37.2 Å². The lowest BCUT2D eigenvalue weighted by atomic mass is 10.0. The predicted molar refractivity (Wildman–Crippen MR) is 113 cm³/mol. The van der Waals surface area contributed by atoms with Crippen molar-refractivity contribution in [3.63, 3.8) is 0 Å². The van der Waals surface area contributed by atoms with E-state index >= 15 is 0 Å². The second-order valence-corrected chi connectivity index (χ2v) is 8.28. The third kappa shape index (κ3) is 4.27. The Morgan fingerprint density at radius 3 is 2.61 bits per heavy atom. The molecule has 28 heavy (non-hydrogen) atoms. The Kier molecular flexibility index (Phi) is 6.04. The number of nitrogens with zero attached hydrogens (tertiary/aromatic N) is 3. The molecule has 1 aromatic carbocycles. The first kappa shape index (κ1) is 19.5. The summed E-state index contributed by atoms with van der Waals surface area (Å²) in [5.41, 5.74) is 2.75. The molecule has 3 heterocycles. The quantitative estimate of drug-likeness (QED) is 0.786. The minimum Gasteiger partial charge on any atom is -0.465 e. The molecule has 0 aliphatic carbocycles. The molecule has 0 radical (unpaired) electrons. The highest BCUT2D eigenvalue weighted by atomic mass is 16.5. The number of aryl methyl sites for hydroxylation is 1. The number of morpholine rings is 1. The van der Waals surface area contributed by atoms with Crippen molar-refractivity contribution >= 4 is 5.69 Å². The zero-order chi connectivity index (χ0) is 19.5. The number of hydrogen-bond acceptors (Lipinski definition) is 5. The third-order valence-corrected chi connectivity index (χ3v) is 6.31. The Labute approximate surface area is 168 Å². The number of benzene rings is 1. The van der Waals surface area contributed by atoms with Gasteiger partial charge in [-0.05, 0) is 63.7 Å². The Morgan fingerprint density at radius 2 is 1.86 bits per heavy atom. The van der Waals surface area contributed by atoms with Crippen LogP contribution in [0.15, 0.2) is 40.8 Å². The van der Waals surface area contributed by atoms with Crippen LogP contribution in [0.1, 0.15) is 36.0 Å². The Balaban J connectivity index is 1.52. The summed E-state index contributed by atoms with van der Waals surface area (Å²) in [6, 6.07) is 13.8. The van der Waals surface area contributed by atoms with Crippen LogP contribution in [0.5, 0.6) is 0 Å². The summed E-state index contributed by atoms with van der Waals surface area (Å²) in [4.78, 5) is 7.44. The molecule has 0 spiro atoms. The van der Waals surface area contributed by atoms with Crippen LogP contribution in [0.3, 0.4) is 0 Å². The van der Waals surface area contributed by atoms with E-state index < -0.39 is 0 Å². The van der Waals surface area contributed by atoms with Gasteiger partial charge in [0.25, 0.3) is 0 Å². The first-order valence-electron chi connectivity index (χ1n) is 10.5. The minimum atomic E-state index is 0.184. The fraction of sp³-hybridized carbons (Fsp3) is 0.565. The van der Waals surface area contributed by atoms with Gasteiger partial charge in [-0.25, -0.2) is 0 Å². The number of hydrogen-bond donors (Lipinski definition) is 0. The topological polar surface area (TPSA) is 32.1 Å². The first-order valence-corrected chi connectivity index (χ1v) is 10.5. The lowest BCUT2D eigenvalue weighted by Crippen LogP contribution is -2.43. The van der Waals surface area contributed by atoms with Crippen molar-refractivity contribution in [3.8, 4) is 0 Å². The van der Waals surface area contributed by atoms with Crippen LogP contribution in [0.25, 0.3) is 0 Å². The molecule has 5 nitrogen and oxygen atoms in total. The SMILES string of the molecule is Cc1ccc([C@@H]2COCCN2Cc2ccccc2N(C)C2CCN(C)CC2)o1. The van der Waals surface area contributed by atoms with Crippen molar-refractivity contribution in [3.05, 3.63) is 53.5 Å². The minimum absolute atomic E-state index is 0.184. The molecule has 0 N–H and O–H groups in total. The van der Waals surface area contributed by atoms with Crippen LogP contribution in [0.4, 0.5) is 5.69 Å². The molecular formula is C23H33N3O2. The molecule has 0 saturated carbocycles. The van der Waals surface area contributed by atoms with Gasteiger partial charge in [0.2, 0.25) is 0 Å². The highest BCUT2D eigenvalue weighted by Gasteiger charge is 2.29. The molecule has 0 amide bonds. The number of piperidine rings is 1. The van der Waals surface area contributed by atoms with E-state index in [1.807, 2.05) is 13.0 Å². The summed E-state index contributed by atoms with van der Waals surface area (Å²) in [5, 5.41) is 0. The molecular weight excluding hydrogens is 350 g/mol. The zero-order valence-electron chi connectivity index (χ0n) is 17.4. The summed E-state index contributed by atoms with van der Waals surface area (Å²) in [6.45, 7) is 7.69. The van der Waals surface area contributed by atoms with Gasteiger partial charge in [-0.15, -0.1) is 0 Å². The maximum absolute atomic E-state index is 5.94. The average molecular weight is 384 g/mol. The second-order valence-electron chi connectivity index (χ2n) is 8.28. The summed E-state index contributed by atoms with van der Waals surface area (Å²) in [7, 11) is 4.49. The first-order chi connectivity index (χ1) is 13.6. The summed E-state index contributed by atoms with van der Waals surface area (Å²) < 4.78 is 11.7. The van der Waals surface area contributed by atoms with Gasteiger partial charge in [-0.2, -0.15) is 0 Å². The maximum Gasteiger partial charge on any atom is 0.123 e. The van der Waals surface area contributed by atoms with Gasteiger partial charge in [-0.1, -0.05) is 18.2 Å². The zero-order valence-corrected chi connectivity index (χ0v) is 17.4. The molecule has 4 rings (SSSR count). The van der Waals surface area contributed by atoms with Crippen LogP contribution in [0, 0.1) is 6.92 Å². The van der Waals surface area contributed by atoms with Gasteiger partial charge < -0.3 is 19.0 Å². The van der Waals surface area contributed by atoms with Crippen molar-refractivity contribution in [2.45, 2.75) is 38.4 Å². The van der Waals surface area contributed by atoms with E-state index in [2.05, 4.69) is 59.1 Å². The van der Waals surface area contributed by atoms with Gasteiger partial charge in [0.05, 0.1) is 19.3 Å². The van der Waals surface area contributed by atoms with Gasteiger partial charge >= 0.3 is 0 Å². The third-order valence-electron chi connectivity index (χ3n) is 6.31. The Hall–Kier alpha value is -1.82. The molecule has 2 fully saturated rings. The van der Waals surface area contributed by atoms with Gasteiger partial charge in [0.1, 0.15) is 11.5 Å². The Morgan fingerprint density at radius 1 is 1.07 bits per heavy atom. The largest absolute Gasteiger partial charge is 0.465 e.